The van der Waals surface area contributed by atoms with Crippen LogP contribution in [0.3, 0.4) is 0 Å². The van der Waals surface area contributed by atoms with E-state index in [1.54, 1.807) is 31.2 Å². The van der Waals surface area contributed by atoms with E-state index in [2.05, 4.69) is 5.32 Å². The molecule has 0 aromatic heterocycles. The Hall–Kier alpha value is -3.52. The van der Waals surface area contributed by atoms with Crippen molar-refractivity contribution in [3.8, 4) is 0 Å². The second-order valence-corrected chi connectivity index (χ2v) is 8.13. The van der Waals surface area contributed by atoms with Gasteiger partial charge in [0.15, 0.2) is 5.54 Å². The number of nitrogens with one attached hydrogen (secondary N) is 2. The Kier molecular flexibility index (Phi) is 7.95. The van der Waals surface area contributed by atoms with Crippen LogP contribution in [0.2, 0.25) is 0 Å². The number of hydrogen-bond donors (Lipinski definition) is 3. The number of rotatable bonds is 12. The summed E-state index contributed by atoms with van der Waals surface area (Å²) in [5, 5.41) is 20.7. The van der Waals surface area contributed by atoms with E-state index in [1.165, 1.54) is 0 Å². The van der Waals surface area contributed by atoms with Crippen LogP contribution in [0.1, 0.15) is 58.9 Å². The van der Waals surface area contributed by atoms with E-state index in [1.807, 2.05) is 30.3 Å². The third kappa shape index (κ3) is 5.46. The molecule has 8 heteroatoms. The van der Waals surface area contributed by atoms with Crippen LogP contribution >= 0.6 is 0 Å². The summed E-state index contributed by atoms with van der Waals surface area (Å²) in [5.74, 6) is -2.07. The van der Waals surface area contributed by atoms with Crippen molar-refractivity contribution in [1.82, 2.24) is 10.2 Å². The summed E-state index contributed by atoms with van der Waals surface area (Å²) in [6, 6.07) is 15.9. The summed E-state index contributed by atoms with van der Waals surface area (Å²) in [6.45, 7) is 2.52. The largest absolute Gasteiger partial charge is 0.479 e. The molecule has 33 heavy (non-hydrogen) atoms. The first-order valence-corrected chi connectivity index (χ1v) is 11.0. The zero-order valence-electron chi connectivity index (χ0n) is 18.7. The number of unbranched alkanes of at least 4 members (excludes halogenated alkanes) is 1. The van der Waals surface area contributed by atoms with Crippen molar-refractivity contribution < 1.29 is 24.2 Å². The lowest BCUT2D eigenvalue weighted by Crippen LogP contribution is -2.57. The van der Waals surface area contributed by atoms with Crippen molar-refractivity contribution in [1.29, 1.82) is 5.41 Å². The van der Waals surface area contributed by atoms with Gasteiger partial charge in [-0.1, -0.05) is 42.5 Å². The number of imide groups is 1. The third-order valence-electron chi connectivity index (χ3n) is 5.80. The smallest absolute Gasteiger partial charge is 0.330 e. The van der Waals surface area contributed by atoms with E-state index in [0.29, 0.717) is 31.8 Å². The maximum Gasteiger partial charge on any atom is 0.330 e. The summed E-state index contributed by atoms with van der Waals surface area (Å²) in [4.78, 5) is 39.9. The predicted octanol–water partition coefficient (Wildman–Crippen LogP) is 3.47. The van der Waals surface area contributed by atoms with Gasteiger partial charge in [-0.25, -0.2) is 4.79 Å². The normalized spacial score (nSPS) is 14.6. The number of carbonyl (C=O) groups is 3. The lowest BCUT2D eigenvalue weighted by atomic mass is 9.87. The van der Waals surface area contributed by atoms with Gasteiger partial charge in [0, 0.05) is 19.6 Å². The number of carbonyl (C=O) groups excluding carboxylic acids is 2. The highest BCUT2D eigenvalue weighted by Crippen LogP contribution is 2.35. The Balaban J connectivity index is 1.79. The highest BCUT2D eigenvalue weighted by Gasteiger charge is 2.53. The van der Waals surface area contributed by atoms with Gasteiger partial charge < -0.3 is 15.2 Å². The molecule has 8 nitrogen and oxygen atoms in total. The van der Waals surface area contributed by atoms with Gasteiger partial charge >= 0.3 is 5.97 Å². The van der Waals surface area contributed by atoms with Gasteiger partial charge in [0.2, 0.25) is 0 Å². The second-order valence-electron chi connectivity index (χ2n) is 8.13. The Morgan fingerprint density at radius 3 is 2.18 bits per heavy atom. The van der Waals surface area contributed by atoms with Crippen LogP contribution in [0.5, 0.6) is 0 Å². The number of benzene rings is 2. The van der Waals surface area contributed by atoms with Crippen molar-refractivity contribution in [3.63, 3.8) is 0 Å². The van der Waals surface area contributed by atoms with Crippen LogP contribution in [0.25, 0.3) is 0 Å². The lowest BCUT2D eigenvalue weighted by molar-refractivity contribution is -0.150. The van der Waals surface area contributed by atoms with Crippen LogP contribution in [0.4, 0.5) is 0 Å². The summed E-state index contributed by atoms with van der Waals surface area (Å²) >= 11 is 0. The van der Waals surface area contributed by atoms with Gasteiger partial charge in [-0.05, 0) is 43.9 Å². The molecule has 0 spiro atoms. The molecule has 1 aliphatic heterocycles. The van der Waals surface area contributed by atoms with Crippen molar-refractivity contribution in [2.75, 3.05) is 13.2 Å². The minimum atomic E-state index is -1.72. The summed E-state index contributed by atoms with van der Waals surface area (Å²) in [7, 11) is 0. The zero-order valence-corrected chi connectivity index (χ0v) is 18.7. The first kappa shape index (κ1) is 24.1. The average molecular weight is 452 g/mol. The minimum absolute atomic E-state index is 0.0162. The molecule has 0 saturated heterocycles. The van der Waals surface area contributed by atoms with Crippen LogP contribution in [-0.4, -0.2) is 52.3 Å². The summed E-state index contributed by atoms with van der Waals surface area (Å²) in [6.07, 6.45) is 1.14. The highest BCUT2D eigenvalue weighted by molar-refractivity contribution is 6.23. The number of fused-ring (bicyclic) bond motifs is 1. The molecule has 1 unspecified atom stereocenters. The molecule has 2 aromatic carbocycles. The Morgan fingerprint density at radius 1 is 1.00 bits per heavy atom. The van der Waals surface area contributed by atoms with Crippen molar-refractivity contribution in [2.24, 2.45) is 0 Å². The van der Waals surface area contributed by atoms with Crippen LogP contribution < -0.4 is 5.32 Å². The fourth-order valence-corrected chi connectivity index (χ4v) is 4.06. The first-order chi connectivity index (χ1) is 15.9. The van der Waals surface area contributed by atoms with Crippen LogP contribution in [0, 0.1) is 5.41 Å². The molecule has 1 atom stereocenters. The maximum absolute atomic E-state index is 13.2. The highest BCUT2D eigenvalue weighted by atomic mass is 16.5. The molecule has 0 radical (unpaired) electrons. The number of hydrogen-bond acceptors (Lipinski definition) is 5. The monoisotopic (exact) mass is 451 g/mol. The van der Waals surface area contributed by atoms with Gasteiger partial charge in [0.05, 0.1) is 23.6 Å². The molecule has 0 fully saturated rings. The average Bonchev–Trinajstić information content (AvgIpc) is 3.06. The van der Waals surface area contributed by atoms with Gasteiger partial charge in [-0.3, -0.25) is 19.9 Å². The quantitative estimate of drug-likeness (QED) is 0.197. The molecule has 0 bridgehead atoms. The number of amides is 2. The van der Waals surface area contributed by atoms with E-state index < -0.39 is 23.3 Å². The van der Waals surface area contributed by atoms with Crippen molar-refractivity contribution in [3.05, 3.63) is 71.3 Å². The predicted molar refractivity (Wildman–Crippen MR) is 123 cm³/mol. The fraction of sp³-hybridized carbons (Fsp3) is 0.360. The molecule has 0 saturated carbocycles. The standard InChI is InChI=1S/C25H29N3O5/c1-18(26)27-15-8-7-13-25(24(31)32,14-16-33-17-19-9-3-2-4-10-19)28-22(29)20-11-5-6-12-21(20)23(28)30/h2-6,9-12H,7-8,13-17H2,1H3,(H2,26,27)(H,31,32). The molecule has 1 aliphatic rings. The topological polar surface area (TPSA) is 120 Å². The third-order valence-corrected chi connectivity index (χ3v) is 5.80. The number of ether oxygens (including phenoxy) is 1. The summed E-state index contributed by atoms with van der Waals surface area (Å²) in [5.41, 5.74) is -0.324. The number of carboxylic acids is 1. The zero-order chi connectivity index (χ0) is 23.8. The second kappa shape index (κ2) is 10.9. The van der Waals surface area contributed by atoms with E-state index in [4.69, 9.17) is 10.1 Å². The van der Waals surface area contributed by atoms with Crippen LogP contribution in [0.15, 0.2) is 54.6 Å². The first-order valence-electron chi connectivity index (χ1n) is 11.0. The molecule has 0 aliphatic carbocycles. The minimum Gasteiger partial charge on any atom is -0.479 e. The summed E-state index contributed by atoms with van der Waals surface area (Å²) < 4.78 is 5.74. The number of amidine groups is 1. The molecule has 2 amide bonds. The van der Waals surface area contributed by atoms with Gasteiger partial charge in [0.25, 0.3) is 11.8 Å². The molecular weight excluding hydrogens is 422 g/mol. The van der Waals surface area contributed by atoms with Gasteiger partial charge in [-0.15, -0.1) is 0 Å². The fourth-order valence-electron chi connectivity index (χ4n) is 4.06. The number of carboxylic acid groups (broad SMARTS) is 1. The van der Waals surface area contributed by atoms with E-state index in [-0.39, 0.29) is 30.6 Å². The Labute approximate surface area is 193 Å². The van der Waals surface area contributed by atoms with Gasteiger partial charge in [-0.2, -0.15) is 0 Å². The van der Waals surface area contributed by atoms with Gasteiger partial charge in [0.1, 0.15) is 0 Å². The lowest BCUT2D eigenvalue weighted by Gasteiger charge is -2.37. The SMILES string of the molecule is CC(=N)NCCCCC(CCOCc1ccccc1)(C(=O)O)N1C(=O)c2ccccc2C1=O. The molecule has 1 heterocycles. The number of nitrogens with zero attached hydrogens (tertiary/aromatic N) is 1. The molecular formula is C25H29N3O5. The van der Waals surface area contributed by atoms with E-state index in [0.717, 1.165) is 10.5 Å². The van der Waals surface area contributed by atoms with Crippen molar-refractivity contribution >= 4 is 23.6 Å². The van der Waals surface area contributed by atoms with Crippen molar-refractivity contribution in [2.45, 2.75) is 44.8 Å². The van der Waals surface area contributed by atoms with E-state index in [9.17, 15) is 19.5 Å². The molecule has 2 aromatic rings. The molecule has 174 valence electrons. The van der Waals surface area contributed by atoms with E-state index >= 15 is 0 Å². The molecule has 3 rings (SSSR count). The maximum atomic E-state index is 13.2. The van der Waals surface area contributed by atoms with Crippen LogP contribution in [-0.2, 0) is 16.1 Å². The Bertz CT molecular complexity index is 989. The molecule has 3 N–H and O–H groups in total. The number of aliphatic carboxylic acids is 1. The Morgan fingerprint density at radius 2 is 1.61 bits per heavy atom.